The molecule has 25 heavy (non-hydrogen) atoms. The van der Waals surface area contributed by atoms with Crippen LogP contribution in [0.15, 0.2) is 46.8 Å². The summed E-state index contributed by atoms with van der Waals surface area (Å²) in [5.74, 6) is 0.0350. The highest BCUT2D eigenvalue weighted by Crippen LogP contribution is 2.26. The van der Waals surface area contributed by atoms with E-state index in [4.69, 9.17) is 4.42 Å². The molecule has 0 aliphatic carbocycles. The van der Waals surface area contributed by atoms with E-state index in [1.165, 1.54) is 29.9 Å². The number of rotatable bonds is 4. The van der Waals surface area contributed by atoms with Crippen molar-refractivity contribution in [2.24, 2.45) is 5.92 Å². The van der Waals surface area contributed by atoms with Crippen molar-refractivity contribution in [3.63, 3.8) is 0 Å². The van der Waals surface area contributed by atoms with Gasteiger partial charge in [-0.25, -0.2) is 9.97 Å². The Morgan fingerprint density at radius 2 is 2.20 bits per heavy atom. The second-order valence-electron chi connectivity index (χ2n) is 5.50. The van der Waals surface area contributed by atoms with E-state index in [1.54, 1.807) is 17.2 Å². The number of carbonyl (C=O) groups excluding carboxylic acids is 2. The lowest BCUT2D eigenvalue weighted by Crippen LogP contribution is -2.54. The number of anilines is 1. The molecule has 4 rings (SSSR count). The second-order valence-corrected chi connectivity index (χ2v) is 6.36. The average molecular weight is 355 g/mol. The third-order valence-corrected chi connectivity index (χ3v) is 4.59. The van der Waals surface area contributed by atoms with E-state index in [2.05, 4.69) is 20.3 Å². The van der Waals surface area contributed by atoms with Crippen LogP contribution in [-0.4, -0.2) is 44.8 Å². The standard InChI is InChI=1S/C16H13N5O3S/c22-14(20-16-19-12(9-25-16)13-2-1-5-24-13)10-7-21(8-10)15(23)11-6-17-3-4-18-11/h1-6,9-10H,7-8H2,(H,19,20,22). The predicted molar refractivity (Wildman–Crippen MR) is 89.9 cm³/mol. The van der Waals surface area contributed by atoms with Gasteiger partial charge >= 0.3 is 0 Å². The highest BCUT2D eigenvalue weighted by molar-refractivity contribution is 7.14. The summed E-state index contributed by atoms with van der Waals surface area (Å²) in [5, 5.41) is 5.11. The van der Waals surface area contributed by atoms with Crippen LogP contribution in [0, 0.1) is 5.92 Å². The normalized spacial score (nSPS) is 14.2. The molecule has 1 saturated heterocycles. The van der Waals surface area contributed by atoms with Crippen LogP contribution >= 0.6 is 11.3 Å². The first-order valence-electron chi connectivity index (χ1n) is 7.56. The minimum atomic E-state index is -0.253. The van der Waals surface area contributed by atoms with Crippen LogP contribution in [0.3, 0.4) is 0 Å². The Hall–Kier alpha value is -3.07. The predicted octanol–water partition coefficient (Wildman–Crippen LogP) is 1.90. The van der Waals surface area contributed by atoms with Crippen LogP contribution in [0.5, 0.6) is 0 Å². The quantitative estimate of drug-likeness (QED) is 0.767. The van der Waals surface area contributed by atoms with Crippen molar-refractivity contribution in [3.8, 4) is 11.5 Å². The Kier molecular flexibility index (Phi) is 3.98. The van der Waals surface area contributed by atoms with Crippen LogP contribution in [0.4, 0.5) is 5.13 Å². The molecular formula is C16H13N5O3S. The molecule has 126 valence electrons. The Bertz CT molecular complexity index is 888. The molecule has 1 aliphatic rings. The molecule has 0 unspecified atom stereocenters. The number of hydrogen-bond acceptors (Lipinski definition) is 7. The van der Waals surface area contributed by atoms with Gasteiger partial charge in [0.15, 0.2) is 10.9 Å². The molecule has 0 spiro atoms. The smallest absolute Gasteiger partial charge is 0.274 e. The topological polar surface area (TPSA) is 101 Å². The molecule has 0 radical (unpaired) electrons. The van der Waals surface area contributed by atoms with Crippen molar-refractivity contribution in [2.75, 3.05) is 18.4 Å². The van der Waals surface area contributed by atoms with Crippen molar-refractivity contribution >= 4 is 28.3 Å². The third kappa shape index (κ3) is 3.13. The largest absolute Gasteiger partial charge is 0.463 e. The molecule has 1 aliphatic heterocycles. The van der Waals surface area contributed by atoms with Gasteiger partial charge in [-0.1, -0.05) is 0 Å². The number of aromatic nitrogens is 3. The molecular weight excluding hydrogens is 342 g/mol. The summed E-state index contributed by atoms with van der Waals surface area (Å²) in [6.45, 7) is 0.718. The average Bonchev–Trinajstić information content (AvgIpc) is 3.25. The van der Waals surface area contributed by atoms with Gasteiger partial charge in [0.2, 0.25) is 5.91 Å². The van der Waals surface area contributed by atoms with E-state index in [0.717, 1.165) is 0 Å². The number of likely N-dealkylation sites (tertiary alicyclic amines) is 1. The summed E-state index contributed by atoms with van der Waals surface area (Å²) >= 11 is 1.33. The van der Waals surface area contributed by atoms with Crippen LogP contribution < -0.4 is 5.32 Å². The van der Waals surface area contributed by atoms with Crippen molar-refractivity contribution in [3.05, 3.63) is 48.1 Å². The van der Waals surface area contributed by atoms with E-state index < -0.39 is 0 Å². The van der Waals surface area contributed by atoms with Crippen molar-refractivity contribution < 1.29 is 14.0 Å². The molecule has 1 fully saturated rings. The maximum atomic E-state index is 12.3. The Morgan fingerprint density at radius 3 is 2.92 bits per heavy atom. The molecule has 0 bridgehead atoms. The number of nitrogens with zero attached hydrogens (tertiary/aromatic N) is 4. The SMILES string of the molecule is O=C(Nc1nc(-c2ccco2)cs1)C1CN(C(=O)c2cnccn2)C1. The number of nitrogens with one attached hydrogen (secondary N) is 1. The Balaban J connectivity index is 1.32. The van der Waals surface area contributed by atoms with Gasteiger partial charge in [-0.2, -0.15) is 0 Å². The summed E-state index contributed by atoms with van der Waals surface area (Å²) in [6, 6.07) is 3.59. The number of thiazole rings is 1. The molecule has 1 N–H and O–H groups in total. The van der Waals surface area contributed by atoms with Gasteiger partial charge in [0.25, 0.3) is 5.91 Å². The third-order valence-electron chi connectivity index (χ3n) is 3.83. The summed E-state index contributed by atoms with van der Waals surface area (Å²) < 4.78 is 5.28. The molecule has 8 nitrogen and oxygen atoms in total. The first kappa shape index (κ1) is 15.5. The lowest BCUT2D eigenvalue weighted by Gasteiger charge is -2.37. The number of hydrogen-bond donors (Lipinski definition) is 1. The van der Waals surface area contributed by atoms with Gasteiger partial charge < -0.3 is 14.6 Å². The maximum absolute atomic E-state index is 12.3. The van der Waals surface area contributed by atoms with Gasteiger partial charge in [0.05, 0.1) is 18.4 Å². The van der Waals surface area contributed by atoms with Gasteiger partial charge in [-0.15, -0.1) is 11.3 Å². The molecule has 2 amide bonds. The van der Waals surface area contributed by atoms with Gasteiger partial charge in [0.1, 0.15) is 11.4 Å². The molecule has 3 aromatic rings. The van der Waals surface area contributed by atoms with E-state index in [0.29, 0.717) is 29.7 Å². The summed E-state index contributed by atoms with van der Waals surface area (Å²) in [7, 11) is 0. The molecule has 0 saturated carbocycles. The Morgan fingerprint density at radius 1 is 1.32 bits per heavy atom. The summed E-state index contributed by atoms with van der Waals surface area (Å²) in [4.78, 5) is 38.2. The minimum Gasteiger partial charge on any atom is -0.463 e. The van der Waals surface area contributed by atoms with E-state index in [1.807, 2.05) is 11.4 Å². The highest BCUT2D eigenvalue weighted by atomic mass is 32.1. The number of amides is 2. The fourth-order valence-corrected chi connectivity index (χ4v) is 3.16. The number of furan rings is 1. The first-order valence-corrected chi connectivity index (χ1v) is 8.44. The monoisotopic (exact) mass is 355 g/mol. The molecule has 0 atom stereocenters. The van der Waals surface area contributed by atoms with Crippen LogP contribution in [0.25, 0.3) is 11.5 Å². The second kappa shape index (κ2) is 6.44. The highest BCUT2D eigenvalue weighted by Gasteiger charge is 2.36. The molecule has 9 heteroatoms. The molecule has 4 heterocycles. The van der Waals surface area contributed by atoms with E-state index >= 15 is 0 Å². The van der Waals surface area contributed by atoms with Crippen molar-refractivity contribution in [1.29, 1.82) is 0 Å². The lowest BCUT2D eigenvalue weighted by atomic mass is 9.99. The van der Waals surface area contributed by atoms with E-state index in [9.17, 15) is 9.59 Å². The minimum absolute atomic E-state index is 0.149. The van der Waals surface area contributed by atoms with Crippen LogP contribution in [0.1, 0.15) is 10.5 Å². The molecule has 3 aromatic heterocycles. The van der Waals surface area contributed by atoms with Crippen molar-refractivity contribution in [2.45, 2.75) is 0 Å². The summed E-state index contributed by atoms with van der Waals surface area (Å²) in [5.41, 5.74) is 0.961. The zero-order chi connectivity index (χ0) is 17.2. The first-order chi connectivity index (χ1) is 12.2. The van der Waals surface area contributed by atoms with Crippen LogP contribution in [0.2, 0.25) is 0 Å². The van der Waals surface area contributed by atoms with Gasteiger partial charge in [-0.3, -0.25) is 14.6 Å². The Labute approximate surface area is 146 Å². The van der Waals surface area contributed by atoms with Crippen LogP contribution in [-0.2, 0) is 4.79 Å². The zero-order valence-electron chi connectivity index (χ0n) is 13.0. The fourth-order valence-electron chi connectivity index (χ4n) is 2.46. The number of carbonyl (C=O) groups is 2. The summed E-state index contributed by atoms with van der Waals surface area (Å²) in [6.07, 6.45) is 5.97. The lowest BCUT2D eigenvalue weighted by molar-refractivity contribution is -0.123. The fraction of sp³-hybridized carbons (Fsp3) is 0.188. The maximum Gasteiger partial charge on any atom is 0.274 e. The zero-order valence-corrected chi connectivity index (χ0v) is 13.8. The van der Waals surface area contributed by atoms with Gasteiger partial charge in [0, 0.05) is 30.9 Å². The van der Waals surface area contributed by atoms with Crippen molar-refractivity contribution in [1.82, 2.24) is 19.9 Å². The van der Waals surface area contributed by atoms with E-state index in [-0.39, 0.29) is 23.4 Å². The molecule has 0 aromatic carbocycles. The van der Waals surface area contributed by atoms with Gasteiger partial charge in [-0.05, 0) is 12.1 Å².